The van der Waals surface area contributed by atoms with E-state index in [1.165, 1.54) is 7.11 Å². The van der Waals surface area contributed by atoms with Gasteiger partial charge in [-0.15, -0.1) is 0 Å². The van der Waals surface area contributed by atoms with E-state index in [0.29, 0.717) is 0 Å². The van der Waals surface area contributed by atoms with E-state index in [4.69, 9.17) is 4.74 Å². The Labute approximate surface area is 96.6 Å². The molecule has 1 unspecified atom stereocenters. The van der Waals surface area contributed by atoms with Crippen LogP contribution in [0.5, 0.6) is 0 Å². The zero-order chi connectivity index (χ0) is 12.1. The van der Waals surface area contributed by atoms with Crippen molar-refractivity contribution in [2.45, 2.75) is 46.1 Å². The van der Waals surface area contributed by atoms with Crippen LogP contribution in [-0.4, -0.2) is 22.6 Å². The number of hydrogen-bond acceptors (Lipinski definition) is 3. The minimum Gasteiger partial charge on any atom is -0.467 e. The number of unbranched alkanes of at least 4 members (excludes halogenated alkanes) is 1. The first kappa shape index (κ1) is 12.7. The van der Waals surface area contributed by atoms with Crippen molar-refractivity contribution in [3.63, 3.8) is 0 Å². The van der Waals surface area contributed by atoms with Crippen LogP contribution in [0.2, 0.25) is 0 Å². The summed E-state index contributed by atoms with van der Waals surface area (Å²) in [6.07, 6.45) is 4.61. The van der Waals surface area contributed by atoms with E-state index in [-0.39, 0.29) is 12.0 Å². The van der Waals surface area contributed by atoms with Crippen LogP contribution >= 0.6 is 0 Å². The molecule has 0 amide bonds. The molecule has 90 valence electrons. The summed E-state index contributed by atoms with van der Waals surface area (Å²) < 4.78 is 6.75. The zero-order valence-electron chi connectivity index (χ0n) is 10.5. The largest absolute Gasteiger partial charge is 0.467 e. The number of carbonyl (C=O) groups is 1. The van der Waals surface area contributed by atoms with Gasteiger partial charge in [0.1, 0.15) is 6.04 Å². The van der Waals surface area contributed by atoms with Gasteiger partial charge in [0.25, 0.3) is 0 Å². The first-order valence-electron chi connectivity index (χ1n) is 5.69. The van der Waals surface area contributed by atoms with Gasteiger partial charge in [0.2, 0.25) is 0 Å². The summed E-state index contributed by atoms with van der Waals surface area (Å²) in [5.41, 5.74) is 2.00. The van der Waals surface area contributed by atoms with Crippen molar-refractivity contribution in [1.82, 2.24) is 9.55 Å². The molecule has 1 heterocycles. The van der Waals surface area contributed by atoms with Gasteiger partial charge in [-0.2, -0.15) is 0 Å². The van der Waals surface area contributed by atoms with Gasteiger partial charge in [0.05, 0.1) is 19.1 Å². The van der Waals surface area contributed by atoms with Gasteiger partial charge in [0, 0.05) is 5.69 Å². The Hall–Kier alpha value is -1.32. The monoisotopic (exact) mass is 224 g/mol. The molecule has 1 aromatic rings. The van der Waals surface area contributed by atoms with E-state index in [1.54, 1.807) is 6.33 Å². The molecule has 4 nitrogen and oxygen atoms in total. The summed E-state index contributed by atoms with van der Waals surface area (Å²) in [7, 11) is 1.43. The summed E-state index contributed by atoms with van der Waals surface area (Å²) in [6, 6.07) is -0.230. The second-order valence-electron chi connectivity index (χ2n) is 4.00. The molecule has 1 rings (SSSR count). The van der Waals surface area contributed by atoms with Crippen LogP contribution < -0.4 is 0 Å². The normalized spacial score (nSPS) is 12.5. The van der Waals surface area contributed by atoms with E-state index >= 15 is 0 Å². The Bertz CT molecular complexity index is 358. The Balaban J connectivity index is 2.91. The molecule has 0 spiro atoms. The number of aromatic nitrogens is 2. The highest BCUT2D eigenvalue weighted by atomic mass is 16.5. The van der Waals surface area contributed by atoms with Gasteiger partial charge in [-0.05, 0) is 20.3 Å². The summed E-state index contributed by atoms with van der Waals surface area (Å²) >= 11 is 0. The molecular formula is C12H20N2O2. The van der Waals surface area contributed by atoms with Crippen LogP contribution in [-0.2, 0) is 9.53 Å². The van der Waals surface area contributed by atoms with Crippen LogP contribution in [0.25, 0.3) is 0 Å². The second-order valence-corrected chi connectivity index (χ2v) is 4.00. The van der Waals surface area contributed by atoms with Crippen LogP contribution in [0.1, 0.15) is 43.6 Å². The number of hydrogen-bond donors (Lipinski definition) is 0. The maximum absolute atomic E-state index is 11.7. The molecule has 4 heteroatoms. The Morgan fingerprint density at radius 2 is 2.25 bits per heavy atom. The van der Waals surface area contributed by atoms with E-state index in [0.717, 1.165) is 30.7 Å². The topological polar surface area (TPSA) is 44.1 Å². The molecule has 16 heavy (non-hydrogen) atoms. The van der Waals surface area contributed by atoms with Crippen molar-refractivity contribution in [2.75, 3.05) is 7.11 Å². The lowest BCUT2D eigenvalue weighted by Crippen LogP contribution is -2.21. The van der Waals surface area contributed by atoms with E-state index in [9.17, 15) is 4.79 Å². The summed E-state index contributed by atoms with van der Waals surface area (Å²) in [4.78, 5) is 15.9. The van der Waals surface area contributed by atoms with E-state index < -0.39 is 0 Å². The van der Waals surface area contributed by atoms with Gasteiger partial charge in [-0.3, -0.25) is 0 Å². The molecule has 0 bridgehead atoms. The van der Waals surface area contributed by atoms with Gasteiger partial charge in [-0.25, -0.2) is 9.78 Å². The lowest BCUT2D eigenvalue weighted by atomic mass is 10.1. The van der Waals surface area contributed by atoms with Crippen LogP contribution in [0.3, 0.4) is 0 Å². The van der Waals surface area contributed by atoms with Crippen molar-refractivity contribution in [2.24, 2.45) is 0 Å². The number of carbonyl (C=O) groups excluding carboxylic acids is 1. The molecule has 0 saturated heterocycles. The highest BCUT2D eigenvalue weighted by molar-refractivity contribution is 5.74. The minimum atomic E-state index is -0.230. The molecule has 0 radical (unpaired) electrons. The van der Waals surface area contributed by atoms with Crippen LogP contribution in [0.15, 0.2) is 6.33 Å². The fraction of sp³-hybridized carbons (Fsp3) is 0.667. The third-order valence-electron chi connectivity index (χ3n) is 2.93. The van der Waals surface area contributed by atoms with E-state index in [2.05, 4.69) is 11.9 Å². The molecular weight excluding hydrogens is 204 g/mol. The highest BCUT2D eigenvalue weighted by Gasteiger charge is 2.22. The van der Waals surface area contributed by atoms with Gasteiger partial charge >= 0.3 is 5.97 Å². The predicted molar refractivity (Wildman–Crippen MR) is 62.3 cm³/mol. The molecule has 0 fully saturated rings. The van der Waals surface area contributed by atoms with Crippen molar-refractivity contribution in [3.05, 3.63) is 17.7 Å². The maximum atomic E-state index is 11.7. The molecule has 1 atom stereocenters. The first-order valence-corrected chi connectivity index (χ1v) is 5.69. The van der Waals surface area contributed by atoms with Crippen molar-refractivity contribution < 1.29 is 9.53 Å². The first-order chi connectivity index (χ1) is 7.61. The van der Waals surface area contributed by atoms with E-state index in [1.807, 2.05) is 18.4 Å². The summed E-state index contributed by atoms with van der Waals surface area (Å²) in [5.74, 6) is -0.186. The number of rotatable bonds is 5. The van der Waals surface area contributed by atoms with Gasteiger partial charge in [-0.1, -0.05) is 19.8 Å². The lowest BCUT2D eigenvalue weighted by Gasteiger charge is -2.17. The van der Waals surface area contributed by atoms with Crippen molar-refractivity contribution in [3.8, 4) is 0 Å². The quantitative estimate of drug-likeness (QED) is 0.721. The Kier molecular flexibility index (Phi) is 4.52. The average Bonchev–Trinajstić information content (AvgIpc) is 2.61. The zero-order valence-corrected chi connectivity index (χ0v) is 10.5. The molecule has 0 aliphatic heterocycles. The van der Waals surface area contributed by atoms with Gasteiger partial charge in [0.15, 0.2) is 0 Å². The Morgan fingerprint density at radius 3 is 2.69 bits per heavy atom. The number of nitrogens with zero attached hydrogens (tertiary/aromatic N) is 2. The summed E-state index contributed by atoms with van der Waals surface area (Å²) in [6.45, 7) is 6.03. The SMILES string of the molecule is CCCCC(C(=O)OC)n1cnc(C)c1C. The van der Waals surface area contributed by atoms with Crippen molar-refractivity contribution >= 4 is 5.97 Å². The minimum absolute atomic E-state index is 0.186. The molecule has 0 aliphatic rings. The third kappa shape index (κ3) is 2.62. The number of ether oxygens (including phenoxy) is 1. The fourth-order valence-electron chi connectivity index (χ4n) is 1.73. The van der Waals surface area contributed by atoms with Crippen LogP contribution in [0.4, 0.5) is 0 Å². The highest BCUT2D eigenvalue weighted by Crippen LogP contribution is 2.20. The second kappa shape index (κ2) is 5.68. The number of aryl methyl sites for hydroxylation is 1. The molecule has 0 saturated carbocycles. The van der Waals surface area contributed by atoms with Gasteiger partial charge < -0.3 is 9.30 Å². The molecule has 0 N–H and O–H groups in total. The molecule has 0 aromatic carbocycles. The fourth-order valence-corrected chi connectivity index (χ4v) is 1.73. The smallest absolute Gasteiger partial charge is 0.328 e. The molecule has 0 aliphatic carbocycles. The van der Waals surface area contributed by atoms with Crippen molar-refractivity contribution in [1.29, 1.82) is 0 Å². The number of methoxy groups -OCH3 is 1. The third-order valence-corrected chi connectivity index (χ3v) is 2.93. The number of esters is 1. The summed E-state index contributed by atoms with van der Waals surface area (Å²) in [5, 5.41) is 0. The Morgan fingerprint density at radius 1 is 1.56 bits per heavy atom. The molecule has 1 aromatic heterocycles. The standard InChI is InChI=1S/C12H20N2O2/c1-5-6-7-11(12(15)16-4)14-8-13-9(2)10(14)3/h8,11H,5-7H2,1-4H3. The number of imidazole rings is 1. The lowest BCUT2D eigenvalue weighted by molar-refractivity contribution is -0.144. The predicted octanol–water partition coefficient (Wildman–Crippen LogP) is 2.40. The maximum Gasteiger partial charge on any atom is 0.328 e. The average molecular weight is 224 g/mol. The van der Waals surface area contributed by atoms with Crippen LogP contribution in [0, 0.1) is 13.8 Å².